The fourth-order valence-electron chi connectivity index (χ4n) is 6.66. The molecule has 2 aromatic carbocycles. The van der Waals surface area contributed by atoms with Crippen LogP contribution in [0.3, 0.4) is 0 Å². The van der Waals surface area contributed by atoms with E-state index in [1.165, 1.54) is 6.92 Å². The van der Waals surface area contributed by atoms with Gasteiger partial charge in [-0.2, -0.15) is 0 Å². The molecule has 276 valence electrons. The standard InChI is InChI=1S/C41H51N5O6/c1-27(47)45-25-33(51-40(2,3)4)22-35(45)38(49)43-31-16-12-28(13-17-31)10-11-29-14-18-32(19-15-29)44-39(50)36-23-34(52-41(5,6)7)26-46(36)37(48)21-30-9-8-20-42-24-30/h8-20,24,33-36H,21-23,25-26H2,1-7H3,(H,43,49)(H,44,50)/t33-,34-,35+,36+/m1/s1. The largest absolute Gasteiger partial charge is 0.371 e. The van der Waals surface area contributed by atoms with Gasteiger partial charge in [-0.25, -0.2) is 0 Å². The fourth-order valence-corrected chi connectivity index (χ4v) is 6.66. The van der Waals surface area contributed by atoms with Crippen LogP contribution in [0, 0.1) is 0 Å². The van der Waals surface area contributed by atoms with Gasteiger partial charge in [0.15, 0.2) is 0 Å². The van der Waals surface area contributed by atoms with Gasteiger partial charge in [0.25, 0.3) is 0 Å². The van der Waals surface area contributed by atoms with E-state index in [2.05, 4.69) is 15.6 Å². The highest BCUT2D eigenvalue weighted by Crippen LogP contribution is 2.28. The Hall–Kier alpha value is -4.87. The maximum atomic E-state index is 13.5. The third-order valence-electron chi connectivity index (χ3n) is 8.80. The van der Waals surface area contributed by atoms with Crippen LogP contribution in [0.25, 0.3) is 12.2 Å². The number of likely N-dealkylation sites (tertiary alicyclic amines) is 2. The van der Waals surface area contributed by atoms with E-state index < -0.39 is 17.7 Å². The molecule has 4 amide bonds. The number of rotatable bonds is 10. The number of hydrogen-bond donors (Lipinski definition) is 2. The van der Waals surface area contributed by atoms with Gasteiger partial charge in [0.05, 0.1) is 29.8 Å². The second-order valence-electron chi connectivity index (χ2n) is 15.5. The average Bonchev–Trinajstić information content (AvgIpc) is 3.69. The van der Waals surface area contributed by atoms with Crippen LogP contribution >= 0.6 is 0 Å². The van der Waals surface area contributed by atoms with Crippen LogP contribution in [-0.2, 0) is 35.1 Å². The molecule has 1 aromatic heterocycles. The van der Waals surface area contributed by atoms with Gasteiger partial charge < -0.3 is 29.9 Å². The Bertz CT molecular complexity index is 1750. The van der Waals surface area contributed by atoms with E-state index >= 15 is 0 Å². The summed E-state index contributed by atoms with van der Waals surface area (Å²) >= 11 is 0. The zero-order valence-corrected chi connectivity index (χ0v) is 31.2. The Labute approximate surface area is 306 Å². The molecular formula is C41H51N5O6. The van der Waals surface area contributed by atoms with Gasteiger partial charge in [0.2, 0.25) is 23.6 Å². The molecule has 3 aromatic rings. The average molecular weight is 710 g/mol. The van der Waals surface area contributed by atoms with Crippen molar-refractivity contribution in [2.75, 3.05) is 23.7 Å². The first-order chi connectivity index (χ1) is 24.5. The number of nitrogens with zero attached hydrogens (tertiary/aromatic N) is 3. The molecular weight excluding hydrogens is 658 g/mol. The minimum absolute atomic E-state index is 0.141. The fraction of sp³-hybridized carbons (Fsp3) is 0.439. The Morgan fingerprint density at radius 3 is 1.62 bits per heavy atom. The molecule has 0 saturated carbocycles. The van der Waals surface area contributed by atoms with Crippen molar-refractivity contribution in [3.8, 4) is 0 Å². The molecule has 2 N–H and O–H groups in total. The molecule has 11 heteroatoms. The normalized spacial score (nSPS) is 20.7. The number of anilines is 2. The number of aromatic nitrogens is 1. The van der Waals surface area contributed by atoms with Crippen molar-refractivity contribution in [3.05, 3.63) is 89.7 Å². The van der Waals surface area contributed by atoms with Crippen LogP contribution in [0.2, 0.25) is 0 Å². The lowest BCUT2D eigenvalue weighted by atomic mass is 10.1. The molecule has 0 bridgehead atoms. The SMILES string of the molecule is CC(=O)N1C[C@H](OC(C)(C)C)C[C@H]1C(=O)Nc1ccc(C=Cc2ccc(NC(=O)[C@@H]3C[C@@H](OC(C)(C)C)CN3C(=O)Cc3cccnc3)cc2)cc1. The predicted molar refractivity (Wildman–Crippen MR) is 202 cm³/mol. The summed E-state index contributed by atoms with van der Waals surface area (Å²) in [7, 11) is 0. The highest BCUT2D eigenvalue weighted by molar-refractivity contribution is 5.98. The topological polar surface area (TPSA) is 130 Å². The summed E-state index contributed by atoms with van der Waals surface area (Å²) in [6.07, 6.45) is 7.82. The molecule has 2 aliphatic rings. The second-order valence-corrected chi connectivity index (χ2v) is 15.5. The monoisotopic (exact) mass is 709 g/mol. The van der Waals surface area contributed by atoms with Gasteiger partial charge in [-0.05, 0) is 88.6 Å². The molecule has 0 radical (unpaired) electrons. The zero-order valence-electron chi connectivity index (χ0n) is 31.2. The van der Waals surface area contributed by atoms with Crippen LogP contribution in [0.1, 0.15) is 78.0 Å². The number of carbonyl (C=O) groups is 4. The molecule has 5 rings (SSSR count). The molecule has 2 aliphatic heterocycles. The number of pyridine rings is 1. The molecule has 0 unspecified atom stereocenters. The lowest BCUT2D eigenvalue weighted by molar-refractivity contribution is -0.136. The van der Waals surface area contributed by atoms with Crippen LogP contribution in [0.4, 0.5) is 11.4 Å². The summed E-state index contributed by atoms with van der Waals surface area (Å²) in [4.78, 5) is 59.6. The van der Waals surface area contributed by atoms with Crippen molar-refractivity contribution < 1.29 is 28.7 Å². The van der Waals surface area contributed by atoms with Crippen molar-refractivity contribution in [2.24, 2.45) is 0 Å². The second kappa shape index (κ2) is 16.2. The Morgan fingerprint density at radius 2 is 1.19 bits per heavy atom. The molecule has 2 saturated heterocycles. The highest BCUT2D eigenvalue weighted by Gasteiger charge is 2.42. The molecule has 4 atom stereocenters. The minimum Gasteiger partial charge on any atom is -0.371 e. The number of ether oxygens (including phenoxy) is 2. The van der Waals surface area contributed by atoms with Gasteiger partial charge in [0.1, 0.15) is 12.1 Å². The molecule has 3 heterocycles. The number of nitrogens with one attached hydrogen (secondary N) is 2. The maximum absolute atomic E-state index is 13.5. The van der Waals surface area contributed by atoms with E-state index in [9.17, 15) is 19.2 Å². The maximum Gasteiger partial charge on any atom is 0.247 e. The van der Waals surface area contributed by atoms with Gasteiger partial charge in [-0.1, -0.05) is 42.5 Å². The predicted octanol–water partition coefficient (Wildman–Crippen LogP) is 5.96. The molecule has 0 spiro atoms. The first-order valence-corrected chi connectivity index (χ1v) is 17.8. The smallest absolute Gasteiger partial charge is 0.247 e. The van der Waals surface area contributed by atoms with Crippen molar-refractivity contribution in [2.45, 2.75) is 103 Å². The molecule has 52 heavy (non-hydrogen) atoms. The Kier molecular flexibility index (Phi) is 12.0. The Morgan fingerprint density at radius 1 is 0.731 bits per heavy atom. The zero-order chi connectivity index (χ0) is 37.6. The summed E-state index contributed by atoms with van der Waals surface area (Å²) < 4.78 is 12.2. The number of amides is 4. The first kappa shape index (κ1) is 38.4. The lowest BCUT2D eigenvalue weighted by Crippen LogP contribution is -2.44. The van der Waals surface area contributed by atoms with Crippen LogP contribution < -0.4 is 10.6 Å². The van der Waals surface area contributed by atoms with E-state index in [4.69, 9.17) is 9.47 Å². The van der Waals surface area contributed by atoms with Crippen LogP contribution in [0.15, 0.2) is 73.1 Å². The van der Waals surface area contributed by atoms with Crippen molar-refractivity contribution in [1.29, 1.82) is 0 Å². The van der Waals surface area contributed by atoms with Crippen LogP contribution in [0.5, 0.6) is 0 Å². The van der Waals surface area contributed by atoms with E-state index in [0.29, 0.717) is 37.3 Å². The van der Waals surface area contributed by atoms with Crippen LogP contribution in [-0.4, -0.2) is 87.0 Å². The number of carbonyl (C=O) groups excluding carboxylic acids is 4. The first-order valence-electron chi connectivity index (χ1n) is 17.8. The minimum atomic E-state index is -0.658. The highest BCUT2D eigenvalue weighted by atomic mass is 16.5. The van der Waals surface area contributed by atoms with Gasteiger partial charge in [-0.3, -0.25) is 24.2 Å². The number of hydrogen-bond acceptors (Lipinski definition) is 7. The molecule has 2 fully saturated rings. The summed E-state index contributed by atoms with van der Waals surface area (Å²) in [6, 6.07) is 17.4. The summed E-state index contributed by atoms with van der Waals surface area (Å²) in [6.45, 7) is 14.0. The molecule has 11 nitrogen and oxygen atoms in total. The van der Waals surface area contributed by atoms with Gasteiger partial charge >= 0.3 is 0 Å². The summed E-state index contributed by atoms with van der Waals surface area (Å²) in [5.41, 5.74) is 3.15. The number of benzene rings is 2. The summed E-state index contributed by atoms with van der Waals surface area (Å²) in [5.74, 6) is -0.784. The third-order valence-corrected chi connectivity index (χ3v) is 8.80. The van der Waals surface area contributed by atoms with E-state index in [1.807, 2.05) is 108 Å². The van der Waals surface area contributed by atoms with Crippen molar-refractivity contribution in [1.82, 2.24) is 14.8 Å². The summed E-state index contributed by atoms with van der Waals surface area (Å²) in [5, 5.41) is 5.94. The third kappa shape index (κ3) is 10.8. The van der Waals surface area contributed by atoms with E-state index in [-0.39, 0.29) is 47.9 Å². The Balaban J connectivity index is 1.16. The van der Waals surface area contributed by atoms with E-state index in [1.54, 1.807) is 28.3 Å². The van der Waals surface area contributed by atoms with Crippen molar-refractivity contribution >= 4 is 47.2 Å². The van der Waals surface area contributed by atoms with Crippen molar-refractivity contribution in [3.63, 3.8) is 0 Å². The van der Waals surface area contributed by atoms with Gasteiger partial charge in [-0.15, -0.1) is 0 Å². The lowest BCUT2D eigenvalue weighted by Gasteiger charge is -2.25. The van der Waals surface area contributed by atoms with E-state index in [0.717, 1.165) is 16.7 Å². The quantitative estimate of drug-likeness (QED) is 0.249. The van der Waals surface area contributed by atoms with Gasteiger partial charge in [0, 0.05) is 56.6 Å². The molecule has 0 aliphatic carbocycles.